The summed E-state index contributed by atoms with van der Waals surface area (Å²) < 4.78 is 0. The van der Waals surface area contributed by atoms with Crippen molar-refractivity contribution < 1.29 is 24.6 Å². The summed E-state index contributed by atoms with van der Waals surface area (Å²) in [5.41, 5.74) is 1.69. The zero-order valence-corrected chi connectivity index (χ0v) is 18.7. The van der Waals surface area contributed by atoms with Crippen LogP contribution < -0.4 is 0 Å². The first-order valence-electron chi connectivity index (χ1n) is 11.1. The Morgan fingerprint density at radius 3 is 2.48 bits per heavy atom. The van der Waals surface area contributed by atoms with E-state index in [4.69, 9.17) is 5.11 Å². The van der Waals surface area contributed by atoms with Gasteiger partial charge in [-0.2, -0.15) is 0 Å². The third kappa shape index (κ3) is 5.89. The highest BCUT2D eigenvalue weighted by Crippen LogP contribution is 2.39. The molecule has 0 saturated heterocycles. The predicted octanol–water partition coefficient (Wildman–Crippen LogP) is 5.32. The molecule has 1 aromatic heterocycles. The maximum atomic E-state index is 12.6. The number of carboxylic acid groups (broad SMARTS) is 1. The van der Waals surface area contributed by atoms with Gasteiger partial charge in [0, 0.05) is 11.3 Å². The molecule has 2 aromatic rings. The smallest absolute Gasteiger partial charge is 0.345 e. The second kappa shape index (κ2) is 10.8. The molecule has 3 rings (SSSR count). The van der Waals surface area contributed by atoms with E-state index in [1.165, 1.54) is 11.3 Å². The van der Waals surface area contributed by atoms with Crippen LogP contribution in [0.3, 0.4) is 0 Å². The van der Waals surface area contributed by atoms with Gasteiger partial charge in [0.25, 0.3) is 0 Å². The first-order valence-corrected chi connectivity index (χ1v) is 11.9. The molecule has 0 aliphatic heterocycles. The number of hydrogen-bond donors (Lipinski definition) is 2. The van der Waals surface area contributed by atoms with Crippen LogP contribution in [0.5, 0.6) is 0 Å². The van der Waals surface area contributed by atoms with Crippen LogP contribution in [0.25, 0.3) is 0 Å². The molecule has 1 fully saturated rings. The van der Waals surface area contributed by atoms with Crippen molar-refractivity contribution in [1.82, 2.24) is 0 Å². The van der Waals surface area contributed by atoms with E-state index in [0.717, 1.165) is 60.9 Å². The van der Waals surface area contributed by atoms with Crippen LogP contribution in [-0.4, -0.2) is 27.7 Å². The highest BCUT2D eigenvalue weighted by Gasteiger charge is 2.41. The Morgan fingerprint density at radius 1 is 1.10 bits per heavy atom. The van der Waals surface area contributed by atoms with Crippen molar-refractivity contribution in [3.63, 3.8) is 0 Å². The number of carbonyl (C=O) groups is 3. The Balaban J connectivity index is 1.61. The molecule has 0 bridgehead atoms. The molecule has 1 aliphatic rings. The largest absolute Gasteiger partial charge is 0.477 e. The fourth-order valence-electron chi connectivity index (χ4n) is 4.38. The van der Waals surface area contributed by atoms with Crippen LogP contribution in [0.1, 0.15) is 89.6 Å². The van der Waals surface area contributed by atoms with E-state index in [1.54, 1.807) is 6.07 Å². The van der Waals surface area contributed by atoms with Gasteiger partial charge in [0.2, 0.25) is 5.78 Å². The molecule has 1 saturated carbocycles. The standard InChI is InChI=1S/C25H30O5S/c1-2-3-4-8-20(26)16-9-11-17(12-10-16)23-18(15-21(27)24(23)28)6-5-7-19-13-14-22(31-19)25(29)30/h9-14,18,20,23,26H,2-8,15H2,1H3,(H,29,30)/t18-,20?,23?/m0/s1. The summed E-state index contributed by atoms with van der Waals surface area (Å²) in [5.74, 6) is -1.98. The quantitative estimate of drug-likeness (QED) is 0.363. The lowest BCUT2D eigenvalue weighted by Gasteiger charge is -2.19. The van der Waals surface area contributed by atoms with Crippen LogP contribution in [-0.2, 0) is 16.0 Å². The van der Waals surface area contributed by atoms with Crippen molar-refractivity contribution >= 4 is 28.9 Å². The Hall–Kier alpha value is -2.31. The average molecular weight is 443 g/mol. The van der Waals surface area contributed by atoms with Gasteiger partial charge in [-0.25, -0.2) is 4.79 Å². The number of Topliss-reactive ketones (excluding diaryl/α,β-unsaturated/α-hetero) is 2. The number of aliphatic hydroxyl groups excluding tert-OH is 1. The number of aliphatic hydroxyl groups is 1. The zero-order valence-electron chi connectivity index (χ0n) is 17.9. The number of carbonyl (C=O) groups excluding carboxylic acids is 2. The number of benzene rings is 1. The molecule has 2 N–H and O–H groups in total. The first-order chi connectivity index (χ1) is 14.9. The normalized spacial score (nSPS) is 19.7. The highest BCUT2D eigenvalue weighted by atomic mass is 32.1. The van der Waals surface area contributed by atoms with Gasteiger partial charge < -0.3 is 10.2 Å². The number of carboxylic acids is 1. The van der Waals surface area contributed by atoms with Crippen LogP contribution in [0.15, 0.2) is 36.4 Å². The predicted molar refractivity (Wildman–Crippen MR) is 121 cm³/mol. The number of hydrogen-bond acceptors (Lipinski definition) is 5. The summed E-state index contributed by atoms with van der Waals surface area (Å²) in [4.78, 5) is 37.1. The molecular formula is C25H30O5S. The van der Waals surface area contributed by atoms with Crippen molar-refractivity contribution in [2.45, 2.75) is 70.3 Å². The lowest BCUT2D eigenvalue weighted by molar-refractivity contribution is -0.134. The Labute approximate surface area is 187 Å². The van der Waals surface area contributed by atoms with E-state index in [1.807, 2.05) is 30.3 Å². The Kier molecular flexibility index (Phi) is 8.15. The molecule has 2 unspecified atom stereocenters. The fraction of sp³-hybridized carbons (Fsp3) is 0.480. The van der Waals surface area contributed by atoms with Crippen molar-refractivity contribution in [1.29, 1.82) is 0 Å². The minimum Gasteiger partial charge on any atom is -0.477 e. The molecule has 1 aliphatic carbocycles. The maximum absolute atomic E-state index is 12.6. The number of aromatic carboxylic acids is 1. The summed E-state index contributed by atoms with van der Waals surface area (Å²) >= 11 is 1.28. The SMILES string of the molecule is CCCCCC(O)c1ccc(C2C(=O)C(=O)C[C@@H]2CCCc2ccc(C(=O)O)s2)cc1. The summed E-state index contributed by atoms with van der Waals surface area (Å²) in [6.07, 6.45) is 5.97. The molecule has 31 heavy (non-hydrogen) atoms. The molecule has 5 nitrogen and oxygen atoms in total. The van der Waals surface area contributed by atoms with Gasteiger partial charge in [0.1, 0.15) is 4.88 Å². The Bertz CT molecular complexity index is 914. The summed E-state index contributed by atoms with van der Waals surface area (Å²) in [6, 6.07) is 11.0. The van der Waals surface area contributed by atoms with Crippen molar-refractivity contribution in [2.75, 3.05) is 0 Å². The van der Waals surface area contributed by atoms with E-state index in [0.29, 0.717) is 4.88 Å². The Morgan fingerprint density at radius 2 is 1.84 bits per heavy atom. The van der Waals surface area contributed by atoms with Crippen molar-refractivity contribution in [3.8, 4) is 0 Å². The zero-order chi connectivity index (χ0) is 22.4. The summed E-state index contributed by atoms with van der Waals surface area (Å²) in [7, 11) is 0. The molecule has 1 aromatic carbocycles. The number of thiophene rings is 1. The summed E-state index contributed by atoms with van der Waals surface area (Å²) in [6.45, 7) is 2.13. The highest BCUT2D eigenvalue weighted by molar-refractivity contribution is 7.13. The van der Waals surface area contributed by atoms with Gasteiger partial charge in [-0.15, -0.1) is 11.3 Å². The second-order valence-electron chi connectivity index (χ2n) is 8.37. The van der Waals surface area contributed by atoms with Crippen LogP contribution >= 0.6 is 11.3 Å². The van der Waals surface area contributed by atoms with E-state index < -0.39 is 18.0 Å². The van der Waals surface area contributed by atoms with Gasteiger partial charge in [0.05, 0.1) is 12.0 Å². The van der Waals surface area contributed by atoms with Crippen molar-refractivity contribution in [3.05, 3.63) is 57.3 Å². The molecular weight excluding hydrogens is 412 g/mol. The van der Waals surface area contributed by atoms with Gasteiger partial charge in [-0.1, -0.05) is 50.5 Å². The second-order valence-corrected chi connectivity index (χ2v) is 9.54. The van der Waals surface area contributed by atoms with E-state index in [9.17, 15) is 19.5 Å². The molecule has 1 heterocycles. The van der Waals surface area contributed by atoms with Crippen LogP contribution in [0.2, 0.25) is 0 Å². The third-order valence-corrected chi connectivity index (χ3v) is 7.24. The topological polar surface area (TPSA) is 91.7 Å². The monoisotopic (exact) mass is 442 g/mol. The molecule has 0 spiro atoms. The number of rotatable bonds is 11. The van der Waals surface area contributed by atoms with E-state index in [-0.39, 0.29) is 23.9 Å². The lowest BCUT2D eigenvalue weighted by Crippen LogP contribution is -2.15. The van der Waals surface area contributed by atoms with Crippen LogP contribution in [0, 0.1) is 5.92 Å². The molecule has 6 heteroatoms. The molecule has 0 amide bonds. The molecule has 0 radical (unpaired) electrons. The van der Waals surface area contributed by atoms with Crippen molar-refractivity contribution in [2.24, 2.45) is 5.92 Å². The first kappa shape index (κ1) is 23.4. The number of unbranched alkanes of at least 4 members (excludes halogenated alkanes) is 2. The summed E-state index contributed by atoms with van der Waals surface area (Å²) in [5, 5.41) is 19.4. The van der Waals surface area contributed by atoms with Gasteiger partial charge in [0.15, 0.2) is 5.78 Å². The fourth-order valence-corrected chi connectivity index (χ4v) is 5.27. The number of ketones is 2. The van der Waals surface area contributed by atoms with Gasteiger partial charge in [-0.3, -0.25) is 9.59 Å². The van der Waals surface area contributed by atoms with E-state index >= 15 is 0 Å². The number of aryl methyl sites for hydroxylation is 1. The minimum absolute atomic E-state index is 0.0285. The van der Waals surface area contributed by atoms with E-state index in [2.05, 4.69) is 6.92 Å². The molecule has 3 atom stereocenters. The van der Waals surface area contributed by atoms with Gasteiger partial charge >= 0.3 is 5.97 Å². The van der Waals surface area contributed by atoms with Gasteiger partial charge in [-0.05, 0) is 54.9 Å². The molecule has 166 valence electrons. The maximum Gasteiger partial charge on any atom is 0.345 e. The van der Waals surface area contributed by atoms with Crippen LogP contribution in [0.4, 0.5) is 0 Å². The third-order valence-electron chi connectivity index (χ3n) is 6.11. The average Bonchev–Trinajstić information content (AvgIpc) is 3.33. The minimum atomic E-state index is -0.915. The lowest BCUT2D eigenvalue weighted by atomic mass is 9.84.